The number of hydrazine groups is 1. The summed E-state index contributed by atoms with van der Waals surface area (Å²) < 4.78 is 0.143. The maximum absolute atomic E-state index is 11.2. The molecule has 1 aromatic rings. The minimum Gasteiger partial charge on any atom is -0.410 e. The number of benzene rings is 1. The molecule has 0 aromatic heterocycles. The van der Waals surface area contributed by atoms with E-state index < -0.39 is 0 Å². The number of hydrogen-bond acceptors (Lipinski definition) is 3. The van der Waals surface area contributed by atoms with Gasteiger partial charge < -0.3 is 30.3 Å². The third-order valence-electron chi connectivity index (χ3n) is 1.53. The molecule has 74 valence electrons. The number of anilines is 1. The maximum Gasteiger partial charge on any atom is 1.00 e. The number of amides is 1. The van der Waals surface area contributed by atoms with E-state index in [4.69, 9.17) is 24.8 Å². The van der Waals surface area contributed by atoms with Crippen molar-refractivity contribution in [2.24, 2.45) is 0 Å². The van der Waals surface area contributed by atoms with Gasteiger partial charge in [0, 0.05) is 6.92 Å². The largest absolute Gasteiger partial charge is 1.00 e. The van der Waals surface area contributed by atoms with Crippen molar-refractivity contribution in [1.82, 2.24) is 5.43 Å². The average molecular weight is 264 g/mol. The van der Waals surface area contributed by atoms with Gasteiger partial charge in [0.25, 0.3) is 0 Å². The molecular weight excluding hydrogens is 255 g/mol. The first-order valence-corrected chi connectivity index (χ1v) is 4.76. The fraction of sp³-hybridized carbons (Fsp3) is 0.111. The van der Waals surface area contributed by atoms with Gasteiger partial charge in [-0.2, -0.15) is 0 Å². The van der Waals surface area contributed by atoms with E-state index in [2.05, 4.69) is 5.43 Å². The zero-order chi connectivity index (χ0) is 10.6. The number of nitrogens with zero attached hydrogens (tertiary/aromatic N) is 1. The molecule has 15 heavy (non-hydrogen) atoms. The minimum atomic E-state index is -0.164. The van der Waals surface area contributed by atoms with Gasteiger partial charge in [-0.25, -0.2) is 5.01 Å². The first-order valence-electron chi connectivity index (χ1n) is 3.94. The van der Waals surface area contributed by atoms with Gasteiger partial charge in [-0.3, -0.25) is 4.79 Å². The average Bonchev–Trinajstić information content (AvgIpc) is 2.15. The van der Waals surface area contributed by atoms with E-state index in [-0.39, 0.29) is 61.6 Å². The van der Waals surface area contributed by atoms with Crippen LogP contribution in [0.3, 0.4) is 0 Å². The molecule has 0 saturated heterocycles. The maximum atomic E-state index is 11.2. The van der Waals surface area contributed by atoms with Gasteiger partial charge in [0.15, 0.2) is 0 Å². The summed E-state index contributed by atoms with van der Waals surface area (Å²) in [6, 6.07) is 9.12. The van der Waals surface area contributed by atoms with Crippen molar-refractivity contribution in [3.63, 3.8) is 0 Å². The van der Waals surface area contributed by atoms with E-state index in [0.717, 1.165) is 0 Å². The minimum absolute atomic E-state index is 0. The molecule has 0 aliphatic heterocycles. The van der Waals surface area contributed by atoms with Gasteiger partial charge in [-0.1, -0.05) is 18.2 Å². The number of nitrogens with one attached hydrogen (secondary N) is 1. The monoisotopic (exact) mass is 264 g/mol. The summed E-state index contributed by atoms with van der Waals surface area (Å²) in [5.41, 5.74) is 3.34. The molecule has 3 nitrogen and oxygen atoms in total. The summed E-state index contributed by atoms with van der Waals surface area (Å²) in [5.74, 6) is -0.164. The first-order chi connectivity index (χ1) is 6.61. The normalized spacial score (nSPS) is 8.60. The van der Waals surface area contributed by atoms with Gasteiger partial charge in [-0.05, 0) is 16.5 Å². The Balaban J connectivity index is 0.00000196. The Kier molecular flexibility index (Phi) is 7.89. The molecule has 0 spiro atoms. The quantitative estimate of drug-likeness (QED) is 0.286. The Bertz CT molecular complexity index is 345. The van der Waals surface area contributed by atoms with E-state index in [1.165, 1.54) is 11.9 Å². The Labute approximate surface area is 142 Å². The molecule has 0 heterocycles. The van der Waals surface area contributed by atoms with E-state index in [1.807, 2.05) is 18.2 Å². The SMILES string of the molecule is CC(=O)N(NC(=S)[S-])c1ccccc1.[K+]. The predicted octanol–water partition coefficient (Wildman–Crippen LogP) is -1.62. The van der Waals surface area contributed by atoms with Crippen LogP contribution in [-0.2, 0) is 17.4 Å². The van der Waals surface area contributed by atoms with E-state index in [0.29, 0.717) is 5.69 Å². The summed E-state index contributed by atoms with van der Waals surface area (Å²) in [7, 11) is 0. The van der Waals surface area contributed by atoms with Gasteiger partial charge in [0.2, 0.25) is 5.91 Å². The van der Waals surface area contributed by atoms with Crippen molar-refractivity contribution in [2.75, 3.05) is 5.01 Å². The summed E-state index contributed by atoms with van der Waals surface area (Å²) in [6.07, 6.45) is 0. The Morgan fingerprint density at radius 3 is 2.33 bits per heavy atom. The third-order valence-corrected chi connectivity index (χ3v) is 1.71. The fourth-order valence-corrected chi connectivity index (χ4v) is 1.18. The molecule has 0 saturated carbocycles. The van der Waals surface area contributed by atoms with Crippen LogP contribution in [-0.4, -0.2) is 10.2 Å². The van der Waals surface area contributed by atoms with Crippen LogP contribution in [0.15, 0.2) is 30.3 Å². The third kappa shape index (κ3) is 5.35. The number of carbonyl (C=O) groups excluding carboxylic acids is 1. The van der Waals surface area contributed by atoms with Crippen LogP contribution in [0, 0.1) is 0 Å². The topological polar surface area (TPSA) is 32.3 Å². The summed E-state index contributed by atoms with van der Waals surface area (Å²) in [6.45, 7) is 1.44. The van der Waals surface area contributed by atoms with Crippen LogP contribution in [0.25, 0.3) is 0 Å². The van der Waals surface area contributed by atoms with Gasteiger partial charge >= 0.3 is 51.4 Å². The molecule has 0 aliphatic carbocycles. The molecule has 6 heteroatoms. The van der Waals surface area contributed by atoms with Crippen LogP contribution < -0.4 is 61.8 Å². The molecular formula is C9H9KN2OS2. The molecule has 1 aromatic carbocycles. The molecule has 1 rings (SSSR count). The zero-order valence-corrected chi connectivity index (χ0v) is 13.3. The molecule has 1 N–H and O–H groups in total. The van der Waals surface area contributed by atoms with Crippen LogP contribution in [0.5, 0.6) is 0 Å². The standard InChI is InChI=1S/C9H10N2OS2.K/c1-7(12)11(10-9(13)14)8-5-3-2-4-6-8;/h2-6H,1H3,(H2,10,13,14);/q;+1/p-1. The predicted molar refractivity (Wildman–Crippen MR) is 62.7 cm³/mol. The van der Waals surface area contributed by atoms with Crippen molar-refractivity contribution in [3.05, 3.63) is 30.3 Å². The molecule has 0 bridgehead atoms. The fourth-order valence-electron chi connectivity index (χ4n) is 0.993. The number of para-hydroxylation sites is 1. The zero-order valence-electron chi connectivity index (χ0n) is 8.56. The Hall–Kier alpha value is 0.436. The second kappa shape index (κ2) is 7.67. The van der Waals surface area contributed by atoms with Gasteiger partial charge in [-0.15, -0.1) is 0 Å². The Morgan fingerprint density at radius 1 is 1.40 bits per heavy atom. The number of thiocarbonyl (C=S) groups is 1. The molecule has 0 fully saturated rings. The smallest absolute Gasteiger partial charge is 0.410 e. The first kappa shape index (κ1) is 15.4. The van der Waals surface area contributed by atoms with E-state index in [9.17, 15) is 4.79 Å². The van der Waals surface area contributed by atoms with Gasteiger partial charge in [0.05, 0.1) is 5.69 Å². The van der Waals surface area contributed by atoms with Crippen LogP contribution in [0.4, 0.5) is 5.69 Å². The van der Waals surface area contributed by atoms with Crippen molar-refractivity contribution in [2.45, 2.75) is 6.92 Å². The molecule has 0 aliphatic rings. The molecule has 0 atom stereocenters. The second-order valence-electron chi connectivity index (χ2n) is 2.59. The van der Waals surface area contributed by atoms with Crippen molar-refractivity contribution in [3.8, 4) is 0 Å². The second-order valence-corrected chi connectivity index (χ2v) is 3.66. The molecule has 1 amide bonds. The van der Waals surface area contributed by atoms with Crippen LogP contribution >= 0.6 is 12.2 Å². The van der Waals surface area contributed by atoms with Crippen LogP contribution in [0.2, 0.25) is 0 Å². The van der Waals surface area contributed by atoms with E-state index in [1.54, 1.807) is 12.1 Å². The van der Waals surface area contributed by atoms with Crippen molar-refractivity contribution >= 4 is 40.8 Å². The summed E-state index contributed by atoms with van der Waals surface area (Å²) in [4.78, 5) is 11.2. The van der Waals surface area contributed by atoms with Crippen molar-refractivity contribution in [1.29, 1.82) is 0 Å². The Morgan fingerprint density at radius 2 is 1.93 bits per heavy atom. The summed E-state index contributed by atoms with van der Waals surface area (Å²) in [5, 5.41) is 1.31. The van der Waals surface area contributed by atoms with Crippen molar-refractivity contribution < 1.29 is 56.2 Å². The van der Waals surface area contributed by atoms with Gasteiger partial charge in [0.1, 0.15) is 0 Å². The number of rotatable bonds is 1. The molecule has 0 radical (unpaired) electrons. The number of carbonyl (C=O) groups is 1. The van der Waals surface area contributed by atoms with E-state index >= 15 is 0 Å². The number of hydrogen-bond donors (Lipinski definition) is 1. The summed E-state index contributed by atoms with van der Waals surface area (Å²) >= 11 is 9.40. The van der Waals surface area contributed by atoms with Crippen LogP contribution in [0.1, 0.15) is 6.92 Å². The molecule has 0 unspecified atom stereocenters.